The van der Waals surface area contributed by atoms with Crippen LogP contribution in [-0.2, 0) is 0 Å². The van der Waals surface area contributed by atoms with E-state index in [1.165, 1.54) is 18.3 Å². The number of pyridine rings is 1. The molecule has 0 aliphatic heterocycles. The lowest BCUT2D eigenvalue weighted by atomic mass is 9.64. The molecule has 0 radical (unpaired) electrons. The Labute approximate surface area is 98.8 Å². The van der Waals surface area contributed by atoms with E-state index in [0.29, 0.717) is 6.42 Å². The normalized spacial score (nSPS) is 26.1. The van der Waals surface area contributed by atoms with Gasteiger partial charge in [-0.15, -0.1) is 0 Å². The van der Waals surface area contributed by atoms with Crippen LogP contribution in [0, 0.1) is 15.5 Å². The van der Waals surface area contributed by atoms with Gasteiger partial charge in [-0.05, 0) is 12.5 Å². The van der Waals surface area contributed by atoms with Crippen LogP contribution in [0.2, 0.25) is 0 Å². The maximum Gasteiger partial charge on any atom is 0.311 e. The van der Waals surface area contributed by atoms with Gasteiger partial charge in [0.15, 0.2) is 0 Å². The van der Waals surface area contributed by atoms with E-state index in [1.54, 1.807) is 0 Å². The monoisotopic (exact) mass is 237 g/mol. The summed E-state index contributed by atoms with van der Waals surface area (Å²) in [6.07, 6.45) is 1.72. The first kappa shape index (κ1) is 11.8. The lowest BCUT2D eigenvalue weighted by molar-refractivity contribution is -0.384. The summed E-state index contributed by atoms with van der Waals surface area (Å²) in [5.41, 5.74) is -0.324. The van der Waals surface area contributed by atoms with E-state index in [0.717, 1.165) is 0 Å². The molecule has 0 saturated heterocycles. The van der Waals surface area contributed by atoms with Crippen molar-refractivity contribution in [1.29, 1.82) is 0 Å². The molecule has 1 fully saturated rings. The van der Waals surface area contributed by atoms with Crippen molar-refractivity contribution in [2.45, 2.75) is 32.4 Å². The lowest BCUT2D eigenvalue weighted by Crippen LogP contribution is -2.57. The van der Waals surface area contributed by atoms with Crippen molar-refractivity contribution in [3.05, 3.63) is 28.4 Å². The second-order valence-electron chi connectivity index (χ2n) is 4.90. The predicted molar refractivity (Wildman–Crippen MR) is 62.7 cm³/mol. The van der Waals surface area contributed by atoms with Crippen LogP contribution in [-0.4, -0.2) is 27.2 Å². The number of nitrogens with zero attached hydrogens (tertiary/aromatic N) is 2. The number of hydrogen-bond donors (Lipinski definition) is 2. The highest BCUT2D eigenvalue weighted by Gasteiger charge is 2.47. The number of nitrogens with one attached hydrogen (secondary N) is 1. The van der Waals surface area contributed by atoms with Gasteiger partial charge in [0.2, 0.25) is 5.82 Å². The van der Waals surface area contributed by atoms with Gasteiger partial charge in [-0.2, -0.15) is 0 Å². The Hall–Kier alpha value is -1.69. The molecule has 1 aliphatic rings. The summed E-state index contributed by atoms with van der Waals surface area (Å²) in [5, 5.41) is 23.5. The average molecular weight is 237 g/mol. The molecule has 1 aliphatic carbocycles. The molecule has 1 aromatic heterocycles. The molecule has 2 N–H and O–H groups in total. The first-order valence-corrected chi connectivity index (χ1v) is 5.47. The lowest BCUT2D eigenvalue weighted by Gasteiger charge is -2.49. The zero-order valence-electron chi connectivity index (χ0n) is 9.75. The zero-order chi connectivity index (χ0) is 12.6. The Morgan fingerprint density at radius 3 is 2.88 bits per heavy atom. The Bertz CT molecular complexity index is 447. The van der Waals surface area contributed by atoms with E-state index in [-0.39, 0.29) is 29.1 Å². The van der Waals surface area contributed by atoms with Crippen molar-refractivity contribution in [3.63, 3.8) is 0 Å². The number of anilines is 1. The van der Waals surface area contributed by atoms with Crippen LogP contribution in [0.15, 0.2) is 18.3 Å². The number of aliphatic hydroxyl groups is 1. The highest BCUT2D eigenvalue weighted by Crippen LogP contribution is 2.42. The van der Waals surface area contributed by atoms with E-state index in [2.05, 4.69) is 10.3 Å². The SMILES string of the molecule is CC1(C)C(O)CC1Nc1ncccc1[N+](=O)[O-]. The van der Waals surface area contributed by atoms with Crippen LogP contribution in [0.1, 0.15) is 20.3 Å². The number of aromatic nitrogens is 1. The van der Waals surface area contributed by atoms with Gasteiger partial charge in [-0.25, -0.2) is 4.98 Å². The summed E-state index contributed by atoms with van der Waals surface area (Å²) >= 11 is 0. The fraction of sp³-hybridized carbons (Fsp3) is 0.545. The third kappa shape index (κ3) is 1.95. The standard InChI is InChI=1S/C11H15N3O3/c1-11(2)8(6-9(11)15)13-10-7(14(16)17)4-3-5-12-10/h3-5,8-9,15H,6H2,1-2H3,(H,12,13). The Kier molecular flexibility index (Phi) is 2.74. The summed E-state index contributed by atoms with van der Waals surface area (Å²) in [5.74, 6) is 0.266. The van der Waals surface area contributed by atoms with Crippen molar-refractivity contribution in [2.24, 2.45) is 5.41 Å². The summed E-state index contributed by atoms with van der Waals surface area (Å²) in [4.78, 5) is 14.3. The van der Waals surface area contributed by atoms with Crippen molar-refractivity contribution in [3.8, 4) is 0 Å². The van der Waals surface area contributed by atoms with Gasteiger partial charge in [0.25, 0.3) is 0 Å². The Balaban J connectivity index is 2.18. The largest absolute Gasteiger partial charge is 0.392 e. The van der Waals surface area contributed by atoms with E-state index in [1.807, 2.05) is 13.8 Å². The van der Waals surface area contributed by atoms with Crippen LogP contribution in [0.3, 0.4) is 0 Å². The highest BCUT2D eigenvalue weighted by molar-refractivity contribution is 5.56. The van der Waals surface area contributed by atoms with Crippen LogP contribution in [0.25, 0.3) is 0 Å². The molecule has 6 heteroatoms. The molecule has 1 aromatic rings. The van der Waals surface area contributed by atoms with E-state index in [9.17, 15) is 15.2 Å². The fourth-order valence-corrected chi connectivity index (χ4v) is 1.97. The maximum atomic E-state index is 10.8. The topological polar surface area (TPSA) is 88.3 Å². The van der Waals surface area contributed by atoms with E-state index < -0.39 is 4.92 Å². The molecule has 1 saturated carbocycles. The second kappa shape index (κ2) is 3.96. The van der Waals surface area contributed by atoms with E-state index >= 15 is 0 Å². The molecule has 2 unspecified atom stereocenters. The first-order valence-electron chi connectivity index (χ1n) is 5.47. The van der Waals surface area contributed by atoms with Crippen LogP contribution < -0.4 is 5.32 Å². The predicted octanol–water partition coefficient (Wildman–Crippen LogP) is 1.56. The maximum absolute atomic E-state index is 10.8. The fourth-order valence-electron chi connectivity index (χ4n) is 1.97. The molecule has 0 spiro atoms. The molecule has 0 amide bonds. The van der Waals surface area contributed by atoms with Crippen LogP contribution in [0.4, 0.5) is 11.5 Å². The van der Waals surface area contributed by atoms with Gasteiger partial charge in [-0.3, -0.25) is 10.1 Å². The van der Waals surface area contributed by atoms with Crippen molar-refractivity contribution in [2.75, 3.05) is 5.32 Å². The molecule has 0 bridgehead atoms. The van der Waals surface area contributed by atoms with Gasteiger partial charge < -0.3 is 10.4 Å². The smallest absolute Gasteiger partial charge is 0.311 e. The third-order valence-electron chi connectivity index (χ3n) is 3.51. The average Bonchev–Trinajstić information content (AvgIpc) is 2.29. The van der Waals surface area contributed by atoms with Gasteiger partial charge in [0, 0.05) is 23.7 Å². The zero-order valence-corrected chi connectivity index (χ0v) is 9.75. The van der Waals surface area contributed by atoms with E-state index in [4.69, 9.17) is 0 Å². The minimum atomic E-state index is -0.461. The van der Waals surface area contributed by atoms with Gasteiger partial charge in [0.1, 0.15) is 0 Å². The quantitative estimate of drug-likeness (QED) is 0.615. The Morgan fingerprint density at radius 2 is 2.35 bits per heavy atom. The van der Waals surface area contributed by atoms with Crippen LogP contribution >= 0.6 is 0 Å². The molecular formula is C11H15N3O3. The minimum absolute atomic E-state index is 0.00565. The number of hydrogen-bond acceptors (Lipinski definition) is 5. The molecule has 1 heterocycles. The summed E-state index contributed by atoms with van der Waals surface area (Å²) in [7, 11) is 0. The molecular weight excluding hydrogens is 222 g/mol. The Morgan fingerprint density at radius 1 is 1.65 bits per heavy atom. The van der Waals surface area contributed by atoms with Crippen LogP contribution in [0.5, 0.6) is 0 Å². The third-order valence-corrected chi connectivity index (χ3v) is 3.51. The highest BCUT2D eigenvalue weighted by atomic mass is 16.6. The molecule has 6 nitrogen and oxygen atoms in total. The summed E-state index contributed by atoms with van der Waals surface area (Å²) in [6.45, 7) is 3.85. The van der Waals surface area contributed by atoms with Crippen molar-refractivity contribution >= 4 is 11.5 Å². The van der Waals surface area contributed by atoms with Crippen molar-refractivity contribution < 1.29 is 10.0 Å². The number of aliphatic hydroxyl groups excluding tert-OH is 1. The number of nitro groups is 1. The molecule has 17 heavy (non-hydrogen) atoms. The molecule has 2 rings (SSSR count). The molecule has 0 aromatic carbocycles. The number of rotatable bonds is 3. The summed E-state index contributed by atoms with van der Waals surface area (Å²) in [6, 6.07) is 2.95. The van der Waals surface area contributed by atoms with Crippen molar-refractivity contribution in [1.82, 2.24) is 4.98 Å². The minimum Gasteiger partial charge on any atom is -0.392 e. The summed E-state index contributed by atoms with van der Waals surface area (Å²) < 4.78 is 0. The molecule has 92 valence electrons. The molecule has 2 atom stereocenters. The first-order chi connectivity index (χ1) is 7.93. The van der Waals surface area contributed by atoms with Gasteiger partial charge in [0.05, 0.1) is 11.0 Å². The van der Waals surface area contributed by atoms with Gasteiger partial charge in [-0.1, -0.05) is 13.8 Å². The van der Waals surface area contributed by atoms with Gasteiger partial charge >= 0.3 is 5.69 Å². The second-order valence-corrected chi connectivity index (χ2v) is 4.90.